The Bertz CT molecular complexity index is 473. The van der Waals surface area contributed by atoms with Gasteiger partial charge in [0.25, 0.3) is 0 Å². The van der Waals surface area contributed by atoms with Crippen LogP contribution in [-0.2, 0) is 11.2 Å². The van der Waals surface area contributed by atoms with Crippen LogP contribution in [0.1, 0.15) is 43.9 Å². The topological polar surface area (TPSA) is 46.3 Å². The van der Waals surface area contributed by atoms with Crippen molar-refractivity contribution in [3.63, 3.8) is 0 Å². The van der Waals surface area contributed by atoms with E-state index >= 15 is 0 Å². The van der Waals surface area contributed by atoms with Gasteiger partial charge in [-0.2, -0.15) is 0 Å². The van der Waals surface area contributed by atoms with Crippen molar-refractivity contribution in [2.75, 3.05) is 11.4 Å². The number of amides is 1. The first-order valence-electron chi connectivity index (χ1n) is 6.40. The van der Waals surface area contributed by atoms with Crippen molar-refractivity contribution in [1.82, 2.24) is 0 Å². The average molecular weight is 311 g/mol. The third-order valence-electron chi connectivity index (χ3n) is 3.54. The van der Waals surface area contributed by atoms with Crippen LogP contribution < -0.4 is 10.6 Å². The number of rotatable bonds is 2. The molecular weight excluding hydrogens is 292 g/mol. The molecule has 1 heterocycles. The zero-order valence-corrected chi connectivity index (χ0v) is 12.5. The fourth-order valence-corrected chi connectivity index (χ4v) is 3.13. The van der Waals surface area contributed by atoms with Gasteiger partial charge in [-0.3, -0.25) is 4.79 Å². The van der Waals surface area contributed by atoms with Gasteiger partial charge in [-0.05, 0) is 42.5 Å². The molecule has 0 unspecified atom stereocenters. The summed E-state index contributed by atoms with van der Waals surface area (Å²) in [5.41, 5.74) is 9.47. The number of carbonyl (C=O) groups is 1. The molecule has 1 aliphatic rings. The molecule has 1 aliphatic heterocycles. The zero-order valence-electron chi connectivity index (χ0n) is 10.9. The monoisotopic (exact) mass is 310 g/mol. The van der Waals surface area contributed by atoms with Crippen molar-refractivity contribution in [3.8, 4) is 0 Å². The summed E-state index contributed by atoms with van der Waals surface area (Å²) in [5.74, 6) is 0.106. The van der Waals surface area contributed by atoms with Crippen molar-refractivity contribution >= 4 is 27.5 Å². The van der Waals surface area contributed by atoms with E-state index in [1.165, 1.54) is 5.56 Å². The maximum Gasteiger partial charge on any atom is 0.223 e. The summed E-state index contributed by atoms with van der Waals surface area (Å²) < 4.78 is 1.06. The highest BCUT2D eigenvalue weighted by Crippen LogP contribution is 2.35. The number of nitrogens with two attached hydrogens (primary N) is 1. The Hall–Kier alpha value is -0.870. The lowest BCUT2D eigenvalue weighted by molar-refractivity contribution is -0.116. The van der Waals surface area contributed by atoms with E-state index < -0.39 is 0 Å². The second-order valence-electron chi connectivity index (χ2n) is 4.79. The average Bonchev–Trinajstić information content (AvgIpc) is 2.36. The second-order valence-corrected chi connectivity index (χ2v) is 5.65. The number of hydrogen-bond donors (Lipinski definition) is 1. The molecule has 1 aromatic carbocycles. The van der Waals surface area contributed by atoms with Crippen LogP contribution in [0.25, 0.3) is 0 Å². The molecule has 2 N–H and O–H groups in total. The SMILES string of the molecule is CC[C@H](N)c1cc2c(cc1Br)CCCN2C(C)=O. The highest BCUT2D eigenvalue weighted by molar-refractivity contribution is 9.10. The molecule has 1 aromatic rings. The largest absolute Gasteiger partial charge is 0.324 e. The first kappa shape index (κ1) is 13.6. The van der Waals surface area contributed by atoms with E-state index in [0.29, 0.717) is 0 Å². The van der Waals surface area contributed by atoms with Gasteiger partial charge in [-0.1, -0.05) is 22.9 Å². The first-order valence-corrected chi connectivity index (χ1v) is 7.20. The van der Waals surface area contributed by atoms with Crippen molar-refractivity contribution in [1.29, 1.82) is 0 Å². The van der Waals surface area contributed by atoms with Crippen LogP contribution in [0, 0.1) is 0 Å². The standard InChI is InChI=1S/C14H19BrN2O/c1-3-13(16)11-8-14-10(7-12(11)15)5-4-6-17(14)9(2)18/h7-8,13H,3-6,16H2,1-2H3/t13-/m0/s1. The van der Waals surface area contributed by atoms with E-state index in [1.807, 2.05) is 4.90 Å². The van der Waals surface area contributed by atoms with Gasteiger partial charge in [0.1, 0.15) is 0 Å². The Morgan fingerprint density at radius 2 is 2.28 bits per heavy atom. The molecule has 0 saturated carbocycles. The summed E-state index contributed by atoms with van der Waals surface area (Å²) in [7, 11) is 0. The van der Waals surface area contributed by atoms with Gasteiger partial charge in [0.15, 0.2) is 0 Å². The predicted molar refractivity (Wildman–Crippen MR) is 77.7 cm³/mol. The minimum absolute atomic E-state index is 0.0143. The van der Waals surface area contributed by atoms with E-state index in [1.54, 1.807) is 6.92 Å². The number of carbonyl (C=O) groups excluding carboxylic acids is 1. The third kappa shape index (κ3) is 2.45. The van der Waals surface area contributed by atoms with E-state index in [2.05, 4.69) is 35.0 Å². The molecule has 0 radical (unpaired) electrons. The Kier molecular flexibility index (Phi) is 4.07. The molecule has 1 amide bonds. The van der Waals surface area contributed by atoms with Crippen LogP contribution >= 0.6 is 15.9 Å². The number of anilines is 1. The lowest BCUT2D eigenvalue weighted by Crippen LogP contribution is -2.33. The molecule has 0 aromatic heterocycles. The summed E-state index contributed by atoms with van der Waals surface area (Å²) in [4.78, 5) is 13.5. The minimum atomic E-state index is 0.0143. The number of benzene rings is 1. The number of fused-ring (bicyclic) bond motifs is 1. The highest BCUT2D eigenvalue weighted by Gasteiger charge is 2.22. The van der Waals surface area contributed by atoms with Crippen LogP contribution in [0.5, 0.6) is 0 Å². The lowest BCUT2D eigenvalue weighted by atomic mass is 9.96. The van der Waals surface area contributed by atoms with Crippen molar-refractivity contribution in [2.45, 2.75) is 39.2 Å². The molecule has 3 nitrogen and oxygen atoms in total. The summed E-state index contributed by atoms with van der Waals surface area (Å²) in [6.45, 7) is 4.50. The fourth-order valence-electron chi connectivity index (χ4n) is 2.45. The summed E-state index contributed by atoms with van der Waals surface area (Å²) >= 11 is 3.59. The smallest absolute Gasteiger partial charge is 0.223 e. The Morgan fingerprint density at radius 3 is 2.89 bits per heavy atom. The molecule has 0 saturated heterocycles. The Morgan fingerprint density at radius 1 is 1.56 bits per heavy atom. The molecule has 98 valence electrons. The molecule has 1 atom stereocenters. The third-order valence-corrected chi connectivity index (χ3v) is 4.22. The van der Waals surface area contributed by atoms with Crippen LogP contribution in [0.2, 0.25) is 0 Å². The maximum atomic E-state index is 11.7. The molecule has 2 rings (SSSR count). The quantitative estimate of drug-likeness (QED) is 0.912. The van der Waals surface area contributed by atoms with Crippen molar-refractivity contribution < 1.29 is 4.79 Å². The van der Waals surface area contributed by atoms with Gasteiger partial charge >= 0.3 is 0 Å². The normalized spacial score (nSPS) is 16.3. The highest BCUT2D eigenvalue weighted by atomic mass is 79.9. The second kappa shape index (κ2) is 5.41. The molecule has 0 fully saturated rings. The van der Waals surface area contributed by atoms with Gasteiger partial charge in [0, 0.05) is 29.7 Å². The molecular formula is C14H19BrN2O. The zero-order chi connectivity index (χ0) is 13.3. The lowest BCUT2D eigenvalue weighted by Gasteiger charge is -2.30. The van der Waals surface area contributed by atoms with Crippen molar-refractivity contribution in [3.05, 3.63) is 27.7 Å². The van der Waals surface area contributed by atoms with Crippen LogP contribution in [0.3, 0.4) is 0 Å². The van der Waals surface area contributed by atoms with Crippen molar-refractivity contribution in [2.24, 2.45) is 5.73 Å². The summed E-state index contributed by atoms with van der Waals surface area (Å²) in [6, 6.07) is 4.21. The van der Waals surface area contributed by atoms with Gasteiger partial charge in [-0.25, -0.2) is 0 Å². The Balaban J connectivity index is 2.49. The molecule has 18 heavy (non-hydrogen) atoms. The van der Waals surface area contributed by atoms with Crippen LogP contribution in [-0.4, -0.2) is 12.5 Å². The molecule has 0 bridgehead atoms. The van der Waals surface area contributed by atoms with Crippen LogP contribution in [0.4, 0.5) is 5.69 Å². The van der Waals surface area contributed by atoms with Gasteiger partial charge < -0.3 is 10.6 Å². The van der Waals surface area contributed by atoms with E-state index in [0.717, 1.165) is 41.5 Å². The van der Waals surface area contributed by atoms with Gasteiger partial charge in [0.05, 0.1) is 0 Å². The number of halogens is 1. The Labute approximate surface area is 116 Å². The minimum Gasteiger partial charge on any atom is -0.324 e. The summed E-state index contributed by atoms with van der Waals surface area (Å²) in [5, 5.41) is 0. The molecule has 0 aliphatic carbocycles. The maximum absolute atomic E-state index is 11.7. The van der Waals surface area contributed by atoms with Gasteiger partial charge in [-0.15, -0.1) is 0 Å². The van der Waals surface area contributed by atoms with Gasteiger partial charge in [0.2, 0.25) is 5.91 Å². The van der Waals surface area contributed by atoms with Crippen LogP contribution in [0.15, 0.2) is 16.6 Å². The number of nitrogens with zero attached hydrogens (tertiary/aromatic N) is 1. The molecule has 0 spiro atoms. The van der Waals surface area contributed by atoms with E-state index in [-0.39, 0.29) is 11.9 Å². The van der Waals surface area contributed by atoms with E-state index in [9.17, 15) is 4.79 Å². The predicted octanol–water partition coefficient (Wildman–Crippen LogP) is 3.16. The summed E-state index contributed by atoms with van der Waals surface area (Å²) in [6.07, 6.45) is 2.94. The first-order chi connectivity index (χ1) is 8.54. The number of aryl methyl sites for hydroxylation is 1. The molecule has 4 heteroatoms. The van der Waals surface area contributed by atoms with E-state index in [4.69, 9.17) is 5.73 Å². The fraction of sp³-hybridized carbons (Fsp3) is 0.500. The number of hydrogen-bond acceptors (Lipinski definition) is 2.